The smallest absolute Gasteiger partial charge is 0.311 e. The van der Waals surface area contributed by atoms with Crippen molar-refractivity contribution in [3.63, 3.8) is 0 Å². The Kier molecular flexibility index (Phi) is 6.26. The van der Waals surface area contributed by atoms with Crippen LogP contribution in [0.5, 0.6) is 5.75 Å². The summed E-state index contributed by atoms with van der Waals surface area (Å²) in [6.45, 7) is 3.63. The van der Waals surface area contributed by atoms with Crippen molar-refractivity contribution < 1.29 is 18.9 Å². The van der Waals surface area contributed by atoms with Crippen molar-refractivity contribution in [2.45, 2.75) is 26.5 Å². The van der Waals surface area contributed by atoms with Crippen LogP contribution in [0.1, 0.15) is 40.4 Å². The zero-order valence-electron chi connectivity index (χ0n) is 18.2. The summed E-state index contributed by atoms with van der Waals surface area (Å²) in [5, 5.41) is 14.1. The van der Waals surface area contributed by atoms with E-state index in [4.69, 9.17) is 9.15 Å². The van der Waals surface area contributed by atoms with Gasteiger partial charge in [-0.25, -0.2) is 0 Å². The number of nitrogens with one attached hydrogen (secondary N) is 1. The molecule has 0 aliphatic rings. The highest BCUT2D eigenvalue weighted by molar-refractivity contribution is 5.91. The molecule has 2 aromatic carbocycles. The highest BCUT2D eigenvalue weighted by Crippen LogP contribution is 2.28. The molecule has 8 heteroatoms. The molecule has 1 atom stereocenters. The van der Waals surface area contributed by atoms with E-state index in [1.807, 2.05) is 60.3 Å². The Labute approximate surface area is 190 Å². The van der Waals surface area contributed by atoms with E-state index in [0.29, 0.717) is 5.76 Å². The van der Waals surface area contributed by atoms with Crippen molar-refractivity contribution in [3.8, 4) is 11.4 Å². The lowest BCUT2D eigenvalue weighted by Gasteiger charge is -2.14. The topological polar surface area (TPSA) is 99.5 Å². The second-order valence-electron chi connectivity index (χ2n) is 7.66. The number of nitro benzene ring substituents is 1. The van der Waals surface area contributed by atoms with Gasteiger partial charge in [0.1, 0.15) is 12.4 Å². The predicted molar refractivity (Wildman–Crippen MR) is 123 cm³/mol. The molecule has 1 amide bonds. The minimum atomic E-state index is -0.490. The molecule has 0 spiro atoms. The summed E-state index contributed by atoms with van der Waals surface area (Å²) in [6, 6.07) is 19.5. The Bertz CT molecular complexity index is 1260. The van der Waals surface area contributed by atoms with Gasteiger partial charge in [0.15, 0.2) is 11.5 Å². The molecule has 2 aromatic heterocycles. The zero-order chi connectivity index (χ0) is 23.4. The van der Waals surface area contributed by atoms with E-state index in [0.717, 1.165) is 16.8 Å². The first kappa shape index (κ1) is 21.9. The number of nitrogens with zero attached hydrogens (tertiary/aromatic N) is 2. The molecule has 0 fully saturated rings. The maximum absolute atomic E-state index is 12.6. The maximum Gasteiger partial charge on any atom is 0.311 e. The summed E-state index contributed by atoms with van der Waals surface area (Å²) in [6.07, 6.45) is 3.94. The minimum absolute atomic E-state index is 0.0341. The number of amides is 1. The Balaban J connectivity index is 1.36. The van der Waals surface area contributed by atoms with Gasteiger partial charge in [0.25, 0.3) is 5.91 Å². The third-order valence-corrected chi connectivity index (χ3v) is 5.21. The SMILES string of the molecule is Cc1ccc(OCc2ccc(C(=O)NC(C)c3ccc(-n4cccc4)cc3)o2)c([N+](=O)[O-])c1. The molecule has 0 radical (unpaired) electrons. The fourth-order valence-corrected chi connectivity index (χ4v) is 3.41. The van der Waals surface area contributed by atoms with E-state index in [9.17, 15) is 14.9 Å². The molecule has 1 N–H and O–H groups in total. The van der Waals surface area contributed by atoms with Gasteiger partial charge in [-0.05, 0) is 67.4 Å². The van der Waals surface area contributed by atoms with E-state index >= 15 is 0 Å². The van der Waals surface area contributed by atoms with Crippen LogP contribution >= 0.6 is 0 Å². The largest absolute Gasteiger partial charge is 0.479 e. The highest BCUT2D eigenvalue weighted by Gasteiger charge is 2.18. The number of aromatic nitrogens is 1. The van der Waals surface area contributed by atoms with Gasteiger partial charge in [-0.3, -0.25) is 14.9 Å². The molecule has 0 saturated carbocycles. The summed E-state index contributed by atoms with van der Waals surface area (Å²) < 4.78 is 13.1. The number of hydrogen-bond donors (Lipinski definition) is 1. The van der Waals surface area contributed by atoms with E-state index in [2.05, 4.69) is 5.32 Å². The normalized spacial score (nSPS) is 11.7. The van der Waals surface area contributed by atoms with Crippen LogP contribution in [0.4, 0.5) is 5.69 Å². The molecular formula is C25H23N3O5. The fraction of sp³-hybridized carbons (Fsp3) is 0.160. The third kappa shape index (κ3) is 5.12. The average molecular weight is 445 g/mol. The summed E-state index contributed by atoms with van der Waals surface area (Å²) in [5.41, 5.74) is 2.64. The van der Waals surface area contributed by atoms with Gasteiger partial charge < -0.3 is 19.0 Å². The zero-order valence-corrected chi connectivity index (χ0v) is 18.2. The molecule has 0 saturated heterocycles. The Morgan fingerprint density at radius 2 is 1.85 bits per heavy atom. The summed E-state index contributed by atoms with van der Waals surface area (Å²) >= 11 is 0. The predicted octanol–water partition coefficient (Wildman–Crippen LogP) is 5.36. The molecule has 1 unspecified atom stereocenters. The lowest BCUT2D eigenvalue weighted by molar-refractivity contribution is -0.386. The van der Waals surface area contributed by atoms with Crippen LogP contribution < -0.4 is 10.1 Å². The Morgan fingerprint density at radius 1 is 1.12 bits per heavy atom. The van der Waals surface area contributed by atoms with E-state index in [-0.39, 0.29) is 35.8 Å². The second kappa shape index (κ2) is 9.44. The molecular weight excluding hydrogens is 422 g/mol. The maximum atomic E-state index is 12.6. The number of carbonyl (C=O) groups excluding carboxylic acids is 1. The minimum Gasteiger partial charge on any atom is -0.479 e. The van der Waals surface area contributed by atoms with Crippen LogP contribution in [0.2, 0.25) is 0 Å². The van der Waals surface area contributed by atoms with Crippen molar-refractivity contribution in [3.05, 3.63) is 112 Å². The number of carbonyl (C=O) groups is 1. The number of rotatable bonds is 8. The van der Waals surface area contributed by atoms with Gasteiger partial charge in [-0.1, -0.05) is 18.2 Å². The first-order valence-corrected chi connectivity index (χ1v) is 10.4. The number of aryl methyl sites for hydroxylation is 1. The standard InChI is InChI=1S/C25H23N3O5/c1-17-5-11-23(22(15-17)28(30)31)32-16-21-10-12-24(33-21)25(29)26-18(2)19-6-8-20(9-7-19)27-13-3-4-14-27/h3-15,18H,16H2,1-2H3,(H,26,29). The van der Waals surface area contributed by atoms with E-state index in [1.165, 1.54) is 6.07 Å². The number of benzene rings is 2. The number of furan rings is 1. The van der Waals surface area contributed by atoms with Gasteiger partial charge in [0.05, 0.1) is 11.0 Å². The van der Waals surface area contributed by atoms with Crippen molar-refractivity contribution in [2.24, 2.45) is 0 Å². The van der Waals surface area contributed by atoms with Crippen molar-refractivity contribution >= 4 is 11.6 Å². The monoisotopic (exact) mass is 445 g/mol. The second-order valence-corrected chi connectivity index (χ2v) is 7.66. The van der Waals surface area contributed by atoms with Crippen LogP contribution in [0.3, 0.4) is 0 Å². The summed E-state index contributed by atoms with van der Waals surface area (Å²) in [4.78, 5) is 23.3. The first-order valence-electron chi connectivity index (χ1n) is 10.4. The molecule has 4 aromatic rings. The van der Waals surface area contributed by atoms with Crippen molar-refractivity contribution in [2.75, 3.05) is 0 Å². The first-order chi connectivity index (χ1) is 15.9. The van der Waals surface area contributed by atoms with Crippen LogP contribution in [-0.4, -0.2) is 15.4 Å². The van der Waals surface area contributed by atoms with Crippen LogP contribution in [0.25, 0.3) is 5.69 Å². The molecule has 168 valence electrons. The van der Waals surface area contributed by atoms with Crippen LogP contribution in [-0.2, 0) is 6.61 Å². The van der Waals surface area contributed by atoms with Crippen LogP contribution in [0.15, 0.2) is 83.5 Å². The summed E-state index contributed by atoms with van der Waals surface area (Å²) in [7, 11) is 0. The van der Waals surface area contributed by atoms with Crippen molar-refractivity contribution in [1.29, 1.82) is 0 Å². The molecule has 0 aliphatic heterocycles. The van der Waals surface area contributed by atoms with E-state index in [1.54, 1.807) is 31.2 Å². The molecule has 33 heavy (non-hydrogen) atoms. The van der Waals surface area contributed by atoms with Gasteiger partial charge in [0, 0.05) is 24.1 Å². The van der Waals surface area contributed by atoms with Gasteiger partial charge >= 0.3 is 5.69 Å². The molecule has 8 nitrogen and oxygen atoms in total. The van der Waals surface area contributed by atoms with Gasteiger partial charge in [-0.15, -0.1) is 0 Å². The average Bonchev–Trinajstić information content (AvgIpc) is 3.51. The highest BCUT2D eigenvalue weighted by atomic mass is 16.6. The number of nitro groups is 1. The quantitative estimate of drug-likeness (QED) is 0.291. The fourth-order valence-electron chi connectivity index (χ4n) is 3.41. The van der Waals surface area contributed by atoms with Crippen LogP contribution in [0, 0.1) is 17.0 Å². The Morgan fingerprint density at radius 3 is 2.55 bits per heavy atom. The molecule has 2 heterocycles. The van der Waals surface area contributed by atoms with Gasteiger partial charge in [-0.2, -0.15) is 0 Å². The Hall–Kier alpha value is -4.33. The third-order valence-electron chi connectivity index (χ3n) is 5.21. The number of hydrogen-bond acceptors (Lipinski definition) is 5. The number of ether oxygens (including phenoxy) is 1. The van der Waals surface area contributed by atoms with Gasteiger partial charge in [0.2, 0.25) is 0 Å². The molecule has 0 bridgehead atoms. The summed E-state index contributed by atoms with van der Waals surface area (Å²) in [5.74, 6) is 0.316. The molecule has 0 aliphatic carbocycles. The van der Waals surface area contributed by atoms with Crippen molar-refractivity contribution in [1.82, 2.24) is 9.88 Å². The van der Waals surface area contributed by atoms with E-state index < -0.39 is 4.92 Å². The molecule has 4 rings (SSSR count). The lowest BCUT2D eigenvalue weighted by atomic mass is 10.1. The lowest BCUT2D eigenvalue weighted by Crippen LogP contribution is -2.26.